The van der Waals surface area contributed by atoms with Gasteiger partial charge in [-0.25, -0.2) is 9.37 Å². The van der Waals surface area contributed by atoms with Gasteiger partial charge in [-0.1, -0.05) is 44.5 Å². The maximum absolute atomic E-state index is 13.2. The van der Waals surface area contributed by atoms with Gasteiger partial charge in [0.25, 0.3) is 5.91 Å². The second kappa shape index (κ2) is 7.83. The zero-order valence-corrected chi connectivity index (χ0v) is 15.5. The Labute approximate surface area is 152 Å². The highest BCUT2D eigenvalue weighted by Crippen LogP contribution is 2.22. The predicted molar refractivity (Wildman–Crippen MR) is 96.4 cm³/mol. The maximum atomic E-state index is 13.2. The number of aromatic nitrogens is 1. The normalized spacial score (nSPS) is 12.6. The van der Waals surface area contributed by atoms with Gasteiger partial charge in [0, 0.05) is 12.1 Å². The molecule has 0 aliphatic rings. The van der Waals surface area contributed by atoms with Gasteiger partial charge in [0.05, 0.1) is 5.56 Å². The summed E-state index contributed by atoms with van der Waals surface area (Å²) in [5.74, 6) is -0.335. The van der Waals surface area contributed by atoms with Crippen LogP contribution in [0.15, 0.2) is 36.4 Å². The fourth-order valence-corrected chi connectivity index (χ4v) is 2.17. The number of hydrogen-bond donors (Lipinski definition) is 1. The molecule has 1 amide bonds. The van der Waals surface area contributed by atoms with E-state index in [1.807, 2.05) is 27.7 Å². The molecule has 1 aromatic heterocycles. The molecule has 0 saturated heterocycles. The molecule has 0 spiro atoms. The van der Waals surface area contributed by atoms with Crippen molar-refractivity contribution in [2.75, 3.05) is 0 Å². The summed E-state index contributed by atoms with van der Waals surface area (Å²) in [6, 6.07) is 9.23. The first kappa shape index (κ1) is 19.2. The number of carbonyl (C=O) groups is 1. The Hall–Kier alpha value is -2.14. The van der Waals surface area contributed by atoms with E-state index >= 15 is 0 Å². The zero-order chi connectivity index (χ0) is 18.6. The fraction of sp³-hybridized carbons (Fsp3) is 0.368. The first-order chi connectivity index (χ1) is 11.7. The molecule has 0 saturated carbocycles. The van der Waals surface area contributed by atoms with Crippen LogP contribution in [0.3, 0.4) is 0 Å². The van der Waals surface area contributed by atoms with Crippen molar-refractivity contribution in [2.45, 2.75) is 40.3 Å². The van der Waals surface area contributed by atoms with E-state index in [9.17, 15) is 9.18 Å². The summed E-state index contributed by atoms with van der Waals surface area (Å²) >= 11 is 6.12. The van der Waals surface area contributed by atoms with Crippen LogP contribution in [-0.2, 0) is 6.61 Å². The lowest BCUT2D eigenvalue weighted by atomic mass is 9.88. The third-order valence-corrected chi connectivity index (χ3v) is 4.28. The second-order valence-corrected chi connectivity index (χ2v) is 7.33. The molecule has 0 aliphatic carbocycles. The number of halogens is 2. The van der Waals surface area contributed by atoms with Crippen LogP contribution in [0.1, 0.15) is 43.6 Å². The maximum Gasteiger partial charge on any atom is 0.254 e. The third kappa shape index (κ3) is 5.43. The Bertz CT molecular complexity index is 759. The van der Waals surface area contributed by atoms with Crippen molar-refractivity contribution in [3.05, 3.63) is 58.5 Å². The average molecular weight is 365 g/mol. The van der Waals surface area contributed by atoms with Gasteiger partial charge < -0.3 is 10.1 Å². The number of nitrogens with one attached hydrogen (secondary N) is 1. The lowest BCUT2D eigenvalue weighted by molar-refractivity contribution is 0.0910. The molecular formula is C19H22ClFN2O2. The van der Waals surface area contributed by atoms with Gasteiger partial charge in [-0.05, 0) is 36.1 Å². The Morgan fingerprint density at radius 1 is 1.32 bits per heavy atom. The monoisotopic (exact) mass is 364 g/mol. The molecular weight excluding hydrogens is 343 g/mol. The number of nitrogens with zero attached hydrogens (tertiary/aromatic N) is 1. The second-order valence-electron chi connectivity index (χ2n) is 6.97. The van der Waals surface area contributed by atoms with Crippen LogP contribution in [-0.4, -0.2) is 16.9 Å². The van der Waals surface area contributed by atoms with E-state index in [-0.39, 0.29) is 46.4 Å². The largest absolute Gasteiger partial charge is 0.473 e. The third-order valence-electron chi connectivity index (χ3n) is 3.99. The molecule has 4 nitrogen and oxygen atoms in total. The highest BCUT2D eigenvalue weighted by atomic mass is 35.5. The standard InChI is InChI=1S/C19H22ClFN2O2/c1-12(19(2,3)4)22-18(24)15-8-9-16(23-17(15)20)25-11-13-6-5-7-14(21)10-13/h5-10,12H,11H2,1-4H3,(H,22,24)/t12-/m1/s1. The summed E-state index contributed by atoms with van der Waals surface area (Å²) in [7, 11) is 0. The van der Waals surface area contributed by atoms with Gasteiger partial charge in [0.15, 0.2) is 0 Å². The summed E-state index contributed by atoms with van der Waals surface area (Å²) in [5, 5.41) is 2.98. The Balaban J connectivity index is 2.03. The first-order valence-corrected chi connectivity index (χ1v) is 8.39. The van der Waals surface area contributed by atoms with Gasteiger partial charge in [-0.2, -0.15) is 0 Å². The minimum atomic E-state index is -0.327. The zero-order valence-electron chi connectivity index (χ0n) is 14.8. The van der Waals surface area contributed by atoms with Crippen LogP contribution in [0.5, 0.6) is 5.88 Å². The molecule has 0 bridgehead atoms. The number of benzene rings is 1. The lowest BCUT2D eigenvalue weighted by Crippen LogP contribution is -2.41. The van der Waals surface area contributed by atoms with Gasteiger partial charge >= 0.3 is 0 Å². The molecule has 2 rings (SSSR count). The van der Waals surface area contributed by atoms with Gasteiger partial charge in [0.2, 0.25) is 5.88 Å². The van der Waals surface area contributed by atoms with Crippen LogP contribution in [0.2, 0.25) is 5.15 Å². The van der Waals surface area contributed by atoms with E-state index < -0.39 is 0 Å². The Morgan fingerprint density at radius 2 is 2.04 bits per heavy atom. The first-order valence-electron chi connectivity index (χ1n) is 8.01. The van der Waals surface area contributed by atoms with Crippen LogP contribution in [0, 0.1) is 11.2 Å². The molecule has 2 aromatic rings. The van der Waals surface area contributed by atoms with Crippen LogP contribution < -0.4 is 10.1 Å². The van der Waals surface area contributed by atoms with E-state index in [0.717, 1.165) is 0 Å². The number of pyridine rings is 1. The SMILES string of the molecule is C[C@@H](NC(=O)c1ccc(OCc2cccc(F)c2)nc1Cl)C(C)(C)C. The highest BCUT2D eigenvalue weighted by molar-refractivity contribution is 6.32. The van der Waals surface area contributed by atoms with Crippen molar-refractivity contribution in [3.8, 4) is 5.88 Å². The molecule has 0 aliphatic heterocycles. The number of carbonyl (C=O) groups excluding carboxylic acids is 1. The van der Waals surface area contributed by atoms with Crippen molar-refractivity contribution in [1.29, 1.82) is 0 Å². The minimum absolute atomic E-state index is 0.0278. The van der Waals surface area contributed by atoms with E-state index in [1.165, 1.54) is 12.1 Å². The molecule has 1 N–H and O–H groups in total. The lowest BCUT2D eigenvalue weighted by Gasteiger charge is -2.28. The molecule has 134 valence electrons. The molecule has 25 heavy (non-hydrogen) atoms. The summed E-state index contributed by atoms with van der Waals surface area (Å²) in [4.78, 5) is 16.4. The van der Waals surface area contributed by atoms with E-state index in [1.54, 1.807) is 24.3 Å². The van der Waals surface area contributed by atoms with Crippen LogP contribution in [0.4, 0.5) is 4.39 Å². The number of rotatable bonds is 5. The minimum Gasteiger partial charge on any atom is -0.473 e. The van der Waals surface area contributed by atoms with Crippen molar-refractivity contribution < 1.29 is 13.9 Å². The molecule has 1 heterocycles. The summed E-state index contributed by atoms with van der Waals surface area (Å²) in [6.45, 7) is 8.23. The van der Waals surface area contributed by atoms with E-state index in [2.05, 4.69) is 10.3 Å². The fourth-order valence-electron chi connectivity index (χ4n) is 1.94. The molecule has 6 heteroatoms. The predicted octanol–water partition coefficient (Wildman–Crippen LogP) is 4.62. The average Bonchev–Trinajstić information content (AvgIpc) is 2.52. The van der Waals surface area contributed by atoms with Crippen molar-refractivity contribution in [2.24, 2.45) is 5.41 Å². The molecule has 0 fully saturated rings. The van der Waals surface area contributed by atoms with Gasteiger partial charge in [-0.15, -0.1) is 0 Å². The smallest absolute Gasteiger partial charge is 0.254 e. The summed E-state index contributed by atoms with van der Waals surface area (Å²) in [5.41, 5.74) is 0.901. The molecule has 1 atom stereocenters. The van der Waals surface area contributed by atoms with Gasteiger partial charge in [-0.3, -0.25) is 4.79 Å². The topological polar surface area (TPSA) is 51.2 Å². The Kier molecular flexibility index (Phi) is 6.01. The van der Waals surface area contributed by atoms with Crippen molar-refractivity contribution in [1.82, 2.24) is 10.3 Å². The highest BCUT2D eigenvalue weighted by Gasteiger charge is 2.23. The molecule has 0 radical (unpaired) electrons. The van der Waals surface area contributed by atoms with E-state index in [4.69, 9.17) is 16.3 Å². The van der Waals surface area contributed by atoms with Gasteiger partial charge in [0.1, 0.15) is 17.6 Å². The van der Waals surface area contributed by atoms with Crippen molar-refractivity contribution in [3.63, 3.8) is 0 Å². The van der Waals surface area contributed by atoms with E-state index in [0.29, 0.717) is 5.56 Å². The molecule has 1 aromatic carbocycles. The van der Waals surface area contributed by atoms with Crippen LogP contribution >= 0.6 is 11.6 Å². The number of ether oxygens (including phenoxy) is 1. The van der Waals surface area contributed by atoms with Crippen molar-refractivity contribution >= 4 is 17.5 Å². The summed E-state index contributed by atoms with van der Waals surface area (Å²) < 4.78 is 18.7. The Morgan fingerprint density at radius 3 is 2.64 bits per heavy atom. The quantitative estimate of drug-likeness (QED) is 0.788. The number of amides is 1. The molecule has 0 unspecified atom stereocenters. The summed E-state index contributed by atoms with van der Waals surface area (Å²) in [6.07, 6.45) is 0. The van der Waals surface area contributed by atoms with Crippen LogP contribution in [0.25, 0.3) is 0 Å². The number of hydrogen-bond acceptors (Lipinski definition) is 3.